The van der Waals surface area contributed by atoms with Gasteiger partial charge in [0.2, 0.25) is 0 Å². The molecule has 208 valence electrons. The number of nitrogens with zero attached hydrogens (tertiary/aromatic N) is 2. The fourth-order valence-corrected chi connectivity index (χ4v) is 5.87. The number of carbonyl (C=O) groups is 1. The monoisotopic (exact) mass is 568 g/mol. The van der Waals surface area contributed by atoms with Crippen LogP contribution in [-0.4, -0.2) is 17.6 Å². The van der Waals surface area contributed by atoms with Crippen LogP contribution in [0.2, 0.25) is 0 Å². The van der Waals surface area contributed by atoms with Gasteiger partial charge in [0.1, 0.15) is 18.2 Å². The lowest BCUT2D eigenvalue weighted by molar-refractivity contribution is -0.136. The van der Waals surface area contributed by atoms with E-state index in [2.05, 4.69) is 6.58 Å². The average molecular weight is 569 g/mol. The molecule has 4 aromatic rings. The molecular formula is C33H29FN2O4S. The van der Waals surface area contributed by atoms with Crippen LogP contribution in [0.1, 0.15) is 41.6 Å². The van der Waals surface area contributed by atoms with Gasteiger partial charge in [-0.05, 0) is 65.4 Å². The van der Waals surface area contributed by atoms with E-state index in [4.69, 9.17) is 14.5 Å². The van der Waals surface area contributed by atoms with Crippen molar-refractivity contribution in [3.63, 3.8) is 0 Å². The number of rotatable bonds is 9. The molecule has 1 aromatic heterocycles. The Morgan fingerprint density at radius 3 is 2.56 bits per heavy atom. The maximum Gasteiger partial charge on any atom is 0.338 e. The molecule has 8 heteroatoms. The normalized spacial score (nSPS) is 14.8. The van der Waals surface area contributed by atoms with E-state index in [1.165, 1.54) is 30.6 Å². The van der Waals surface area contributed by atoms with Gasteiger partial charge in [-0.2, -0.15) is 0 Å². The minimum absolute atomic E-state index is 0.235. The van der Waals surface area contributed by atoms with Crippen LogP contribution in [0.3, 0.4) is 0 Å². The van der Waals surface area contributed by atoms with Crippen molar-refractivity contribution in [3.05, 3.63) is 144 Å². The molecule has 0 spiro atoms. The van der Waals surface area contributed by atoms with Crippen molar-refractivity contribution >= 4 is 23.4 Å². The lowest BCUT2D eigenvalue weighted by atomic mass is 9.95. The van der Waals surface area contributed by atoms with E-state index in [0.717, 1.165) is 22.3 Å². The highest BCUT2D eigenvalue weighted by Gasteiger charge is 2.33. The lowest BCUT2D eigenvalue weighted by Gasteiger charge is -2.25. The Kier molecular flexibility index (Phi) is 8.40. The smallest absolute Gasteiger partial charge is 0.338 e. The maximum absolute atomic E-state index is 13.9. The van der Waals surface area contributed by atoms with E-state index in [-0.39, 0.29) is 11.4 Å². The number of ether oxygens (including phenoxy) is 2. The number of aromatic nitrogens is 1. The summed E-state index contributed by atoms with van der Waals surface area (Å²) < 4.78 is 26.5. The highest BCUT2D eigenvalue weighted by Crippen LogP contribution is 2.31. The molecule has 5 rings (SSSR count). The summed E-state index contributed by atoms with van der Waals surface area (Å²) in [6.45, 7) is 6.09. The minimum atomic E-state index is -0.643. The Balaban J connectivity index is 1.56. The molecule has 2 heterocycles. The molecule has 0 radical (unpaired) electrons. The Morgan fingerprint density at radius 2 is 1.88 bits per heavy atom. The zero-order chi connectivity index (χ0) is 28.9. The number of methoxy groups -OCH3 is 1. The van der Waals surface area contributed by atoms with Gasteiger partial charge in [0, 0.05) is 0 Å². The van der Waals surface area contributed by atoms with Crippen LogP contribution in [0.4, 0.5) is 4.39 Å². The van der Waals surface area contributed by atoms with E-state index in [1.807, 2.05) is 61.5 Å². The molecule has 41 heavy (non-hydrogen) atoms. The van der Waals surface area contributed by atoms with Crippen LogP contribution in [0.25, 0.3) is 6.08 Å². The number of fused-ring (bicyclic) bond motifs is 1. The van der Waals surface area contributed by atoms with E-state index in [9.17, 15) is 14.0 Å². The van der Waals surface area contributed by atoms with E-state index in [0.29, 0.717) is 45.8 Å². The average Bonchev–Trinajstić information content (AvgIpc) is 3.30. The molecular weight excluding hydrogens is 539 g/mol. The highest BCUT2D eigenvalue weighted by atomic mass is 32.1. The second-order valence-corrected chi connectivity index (χ2v) is 10.5. The highest BCUT2D eigenvalue weighted by molar-refractivity contribution is 7.07. The SMILES string of the molecule is C=CCc1cc(/C=c2\sc3n(c2=O)[C@H](c2ccccc2)C(C(=O)OC)=C(CC)N=3)ccc1OCc1ccc(F)cc1. The summed E-state index contributed by atoms with van der Waals surface area (Å²) >= 11 is 1.29. The molecule has 0 unspecified atom stereocenters. The molecule has 0 fully saturated rings. The topological polar surface area (TPSA) is 69.9 Å². The number of allylic oxidation sites excluding steroid dienone is 2. The number of hydrogen-bond acceptors (Lipinski definition) is 6. The standard InChI is InChI=1S/C33H29FN2O4S/c1-4-9-24-18-22(14-17-27(24)40-20-21-12-15-25(34)16-13-21)19-28-31(37)36-30(23-10-7-6-8-11-23)29(32(38)39-3)26(5-2)35-33(36)41-28/h4,6-8,10-19,30H,1,5,9,20H2,2-3H3/b28-19-/t30-/m1/s1. The molecule has 1 atom stereocenters. The van der Waals surface area contributed by atoms with Crippen molar-refractivity contribution in [2.24, 2.45) is 4.99 Å². The first-order chi connectivity index (χ1) is 19.9. The largest absolute Gasteiger partial charge is 0.489 e. The van der Waals surface area contributed by atoms with Gasteiger partial charge in [-0.3, -0.25) is 9.36 Å². The van der Waals surface area contributed by atoms with Crippen molar-refractivity contribution in [1.29, 1.82) is 0 Å². The van der Waals surface area contributed by atoms with Crippen molar-refractivity contribution < 1.29 is 18.7 Å². The van der Waals surface area contributed by atoms with Gasteiger partial charge in [-0.25, -0.2) is 14.2 Å². The van der Waals surface area contributed by atoms with E-state index in [1.54, 1.807) is 22.8 Å². The van der Waals surface area contributed by atoms with Crippen LogP contribution < -0.4 is 19.6 Å². The van der Waals surface area contributed by atoms with Crippen molar-refractivity contribution in [2.45, 2.75) is 32.4 Å². The number of hydrogen-bond donors (Lipinski definition) is 0. The Bertz CT molecular complexity index is 1800. The molecule has 0 saturated heterocycles. The first-order valence-electron chi connectivity index (χ1n) is 13.2. The molecule has 0 bridgehead atoms. The maximum atomic E-state index is 13.9. The molecule has 0 saturated carbocycles. The molecule has 0 amide bonds. The summed E-state index contributed by atoms with van der Waals surface area (Å²) in [5.74, 6) is -0.107. The minimum Gasteiger partial charge on any atom is -0.489 e. The fraction of sp³-hybridized carbons (Fsp3) is 0.182. The van der Waals surface area contributed by atoms with Gasteiger partial charge in [0.15, 0.2) is 4.80 Å². The summed E-state index contributed by atoms with van der Waals surface area (Å²) in [5.41, 5.74) is 4.13. The molecule has 3 aromatic carbocycles. The third-order valence-corrected chi connectivity index (χ3v) is 7.80. The fourth-order valence-electron chi connectivity index (χ4n) is 4.85. The van der Waals surface area contributed by atoms with Gasteiger partial charge in [0.25, 0.3) is 5.56 Å². The van der Waals surface area contributed by atoms with E-state index >= 15 is 0 Å². The number of thiazole rings is 1. The summed E-state index contributed by atoms with van der Waals surface area (Å²) in [6, 6.07) is 20.7. The molecule has 0 N–H and O–H groups in total. The van der Waals surface area contributed by atoms with Gasteiger partial charge in [-0.1, -0.05) is 72.9 Å². The lowest BCUT2D eigenvalue weighted by Crippen LogP contribution is -2.40. The van der Waals surface area contributed by atoms with Gasteiger partial charge < -0.3 is 9.47 Å². The summed E-state index contributed by atoms with van der Waals surface area (Å²) in [4.78, 5) is 32.0. The number of benzene rings is 3. The Hall–Kier alpha value is -4.56. The second kappa shape index (κ2) is 12.3. The van der Waals surface area contributed by atoms with Gasteiger partial charge in [-0.15, -0.1) is 6.58 Å². The second-order valence-electron chi connectivity index (χ2n) is 9.47. The Labute approximate surface area is 241 Å². The summed E-state index contributed by atoms with van der Waals surface area (Å²) in [6.07, 6.45) is 4.70. The van der Waals surface area contributed by atoms with Gasteiger partial charge >= 0.3 is 5.97 Å². The third-order valence-electron chi connectivity index (χ3n) is 6.82. The van der Waals surface area contributed by atoms with Crippen molar-refractivity contribution in [1.82, 2.24) is 4.57 Å². The summed E-state index contributed by atoms with van der Waals surface area (Å²) in [7, 11) is 1.34. The summed E-state index contributed by atoms with van der Waals surface area (Å²) in [5, 5.41) is 0. The number of esters is 1. The predicted molar refractivity (Wildman–Crippen MR) is 158 cm³/mol. The van der Waals surface area contributed by atoms with Crippen LogP contribution in [0.15, 0.2) is 107 Å². The van der Waals surface area contributed by atoms with Crippen LogP contribution >= 0.6 is 11.3 Å². The van der Waals surface area contributed by atoms with Crippen molar-refractivity contribution in [3.8, 4) is 5.75 Å². The quantitative estimate of drug-likeness (QED) is 0.205. The molecule has 1 aliphatic rings. The molecule has 1 aliphatic heterocycles. The predicted octanol–water partition coefficient (Wildman–Crippen LogP) is 5.24. The molecule has 6 nitrogen and oxygen atoms in total. The van der Waals surface area contributed by atoms with Crippen LogP contribution in [0, 0.1) is 5.82 Å². The van der Waals surface area contributed by atoms with E-state index < -0.39 is 12.0 Å². The van der Waals surface area contributed by atoms with Crippen molar-refractivity contribution in [2.75, 3.05) is 7.11 Å². The van der Waals surface area contributed by atoms with Gasteiger partial charge in [0.05, 0.1) is 29.0 Å². The molecule has 0 aliphatic carbocycles. The van der Waals surface area contributed by atoms with Crippen LogP contribution in [-0.2, 0) is 22.6 Å². The third kappa shape index (κ3) is 5.83. The first kappa shape index (κ1) is 28.0. The zero-order valence-electron chi connectivity index (χ0n) is 22.8. The Morgan fingerprint density at radius 1 is 1.12 bits per heavy atom. The zero-order valence-corrected chi connectivity index (χ0v) is 23.6. The van der Waals surface area contributed by atoms with Crippen LogP contribution in [0.5, 0.6) is 5.75 Å². The number of halogens is 1. The first-order valence-corrected chi connectivity index (χ1v) is 14.0. The number of carbonyl (C=O) groups excluding carboxylic acids is 1.